The van der Waals surface area contributed by atoms with Crippen molar-refractivity contribution >= 4 is 5.91 Å². The van der Waals surface area contributed by atoms with Crippen LogP contribution in [0.5, 0.6) is 0 Å². The van der Waals surface area contributed by atoms with E-state index < -0.39 is 0 Å². The summed E-state index contributed by atoms with van der Waals surface area (Å²) in [7, 11) is 0. The second kappa shape index (κ2) is 5.97. The molecule has 72 valence electrons. The lowest BCUT2D eigenvalue weighted by Crippen LogP contribution is -2.44. The van der Waals surface area contributed by atoms with Crippen LogP contribution in [0.2, 0.25) is 0 Å². The van der Waals surface area contributed by atoms with Crippen molar-refractivity contribution in [3.63, 3.8) is 0 Å². The Morgan fingerprint density at radius 3 is 2.58 bits per heavy atom. The number of rotatable bonds is 6. The van der Waals surface area contributed by atoms with E-state index in [0.29, 0.717) is 6.42 Å². The third kappa shape index (κ3) is 4.31. The zero-order valence-corrected chi connectivity index (χ0v) is 7.71. The van der Waals surface area contributed by atoms with Gasteiger partial charge in [-0.3, -0.25) is 4.79 Å². The maximum absolute atomic E-state index is 10.7. The molecule has 0 aromatic rings. The normalized spacial score (nSPS) is 15.6. The minimum absolute atomic E-state index is 0.136. The van der Waals surface area contributed by atoms with Crippen molar-refractivity contribution < 1.29 is 9.90 Å². The third-order valence-electron chi connectivity index (χ3n) is 1.88. The summed E-state index contributed by atoms with van der Waals surface area (Å²) in [6, 6.07) is -0.140. The highest BCUT2D eigenvalue weighted by molar-refractivity contribution is 5.79. The minimum Gasteiger partial charge on any atom is -0.396 e. The zero-order chi connectivity index (χ0) is 9.56. The second-order valence-electron chi connectivity index (χ2n) is 2.91. The molecule has 1 amide bonds. The standard InChI is InChI=1S/C8H18N2O2/c1-3-7(4-5-11)10-6(2)8(9)12/h6-7,10-11H,3-5H2,1-2H3,(H2,9,12). The van der Waals surface area contributed by atoms with Crippen LogP contribution in [0.3, 0.4) is 0 Å². The van der Waals surface area contributed by atoms with Crippen molar-refractivity contribution in [1.82, 2.24) is 5.32 Å². The van der Waals surface area contributed by atoms with E-state index >= 15 is 0 Å². The summed E-state index contributed by atoms with van der Waals surface area (Å²) in [5, 5.41) is 11.7. The Kier molecular flexibility index (Phi) is 5.66. The van der Waals surface area contributed by atoms with E-state index in [2.05, 4.69) is 5.32 Å². The molecular formula is C8H18N2O2. The number of carbonyl (C=O) groups is 1. The van der Waals surface area contributed by atoms with E-state index in [1.54, 1.807) is 6.92 Å². The summed E-state index contributed by atoms with van der Waals surface area (Å²) in [4.78, 5) is 10.7. The molecule has 2 atom stereocenters. The fourth-order valence-corrected chi connectivity index (χ4v) is 0.997. The van der Waals surface area contributed by atoms with E-state index in [-0.39, 0.29) is 24.6 Å². The topological polar surface area (TPSA) is 75.3 Å². The molecule has 4 heteroatoms. The molecule has 0 aromatic heterocycles. The van der Waals surface area contributed by atoms with Crippen LogP contribution in [0.25, 0.3) is 0 Å². The summed E-state index contributed by atoms with van der Waals surface area (Å²) in [6.45, 7) is 3.86. The molecule has 0 radical (unpaired) electrons. The van der Waals surface area contributed by atoms with Gasteiger partial charge in [-0.2, -0.15) is 0 Å². The van der Waals surface area contributed by atoms with E-state index in [9.17, 15) is 4.79 Å². The largest absolute Gasteiger partial charge is 0.396 e. The molecule has 0 aliphatic carbocycles. The van der Waals surface area contributed by atoms with Crippen LogP contribution in [0.4, 0.5) is 0 Å². The van der Waals surface area contributed by atoms with Crippen molar-refractivity contribution in [2.75, 3.05) is 6.61 Å². The van der Waals surface area contributed by atoms with Gasteiger partial charge in [-0.05, 0) is 19.8 Å². The van der Waals surface area contributed by atoms with Gasteiger partial charge in [0.05, 0.1) is 6.04 Å². The fourth-order valence-electron chi connectivity index (χ4n) is 0.997. The average Bonchev–Trinajstić information content (AvgIpc) is 2.03. The Morgan fingerprint density at radius 1 is 1.67 bits per heavy atom. The SMILES string of the molecule is CCC(CCO)NC(C)C(N)=O. The lowest BCUT2D eigenvalue weighted by molar-refractivity contribution is -0.119. The maximum atomic E-state index is 10.7. The van der Waals surface area contributed by atoms with Crippen molar-refractivity contribution in [2.24, 2.45) is 5.73 Å². The summed E-state index contributed by atoms with van der Waals surface area (Å²) in [5.74, 6) is -0.355. The van der Waals surface area contributed by atoms with Gasteiger partial charge in [0.25, 0.3) is 0 Å². The zero-order valence-electron chi connectivity index (χ0n) is 7.71. The van der Waals surface area contributed by atoms with Crippen LogP contribution in [-0.2, 0) is 4.79 Å². The lowest BCUT2D eigenvalue weighted by atomic mass is 10.1. The smallest absolute Gasteiger partial charge is 0.234 e. The average molecular weight is 174 g/mol. The van der Waals surface area contributed by atoms with Crippen molar-refractivity contribution in [2.45, 2.75) is 38.8 Å². The summed E-state index contributed by atoms with van der Waals surface area (Å²) in [5.41, 5.74) is 5.07. The molecular weight excluding hydrogens is 156 g/mol. The van der Waals surface area contributed by atoms with Gasteiger partial charge < -0.3 is 16.2 Å². The first-order chi connectivity index (χ1) is 5.61. The second-order valence-corrected chi connectivity index (χ2v) is 2.91. The Bertz CT molecular complexity index is 139. The Balaban J connectivity index is 3.76. The first-order valence-electron chi connectivity index (χ1n) is 4.28. The van der Waals surface area contributed by atoms with Crippen molar-refractivity contribution in [3.8, 4) is 0 Å². The predicted molar refractivity (Wildman–Crippen MR) is 47.6 cm³/mol. The number of carbonyl (C=O) groups excluding carboxylic acids is 1. The monoisotopic (exact) mass is 174 g/mol. The van der Waals surface area contributed by atoms with Crippen LogP contribution in [0.15, 0.2) is 0 Å². The summed E-state index contributed by atoms with van der Waals surface area (Å²) >= 11 is 0. The van der Waals surface area contributed by atoms with Crippen LogP contribution in [-0.4, -0.2) is 29.7 Å². The van der Waals surface area contributed by atoms with E-state index in [4.69, 9.17) is 10.8 Å². The first kappa shape index (κ1) is 11.4. The number of nitrogens with one attached hydrogen (secondary N) is 1. The lowest BCUT2D eigenvalue weighted by Gasteiger charge is -2.19. The molecule has 0 aliphatic heterocycles. The van der Waals surface area contributed by atoms with Gasteiger partial charge in [-0.25, -0.2) is 0 Å². The molecule has 0 aromatic carbocycles. The van der Waals surface area contributed by atoms with Gasteiger partial charge in [0.15, 0.2) is 0 Å². The first-order valence-corrected chi connectivity index (χ1v) is 4.28. The molecule has 12 heavy (non-hydrogen) atoms. The third-order valence-corrected chi connectivity index (χ3v) is 1.88. The van der Waals surface area contributed by atoms with Crippen molar-refractivity contribution in [1.29, 1.82) is 0 Å². The molecule has 4 N–H and O–H groups in total. The van der Waals surface area contributed by atoms with Gasteiger partial charge in [0, 0.05) is 12.6 Å². The van der Waals surface area contributed by atoms with Gasteiger partial charge >= 0.3 is 0 Å². The van der Waals surface area contributed by atoms with Gasteiger partial charge in [-0.1, -0.05) is 6.92 Å². The van der Waals surface area contributed by atoms with Gasteiger partial charge in [0.1, 0.15) is 0 Å². The van der Waals surface area contributed by atoms with Gasteiger partial charge in [-0.15, -0.1) is 0 Å². The highest BCUT2D eigenvalue weighted by Gasteiger charge is 2.12. The summed E-state index contributed by atoms with van der Waals surface area (Å²) in [6.07, 6.45) is 1.55. The maximum Gasteiger partial charge on any atom is 0.234 e. The van der Waals surface area contributed by atoms with Crippen LogP contribution >= 0.6 is 0 Å². The minimum atomic E-state index is -0.355. The van der Waals surface area contributed by atoms with Crippen LogP contribution < -0.4 is 11.1 Å². The van der Waals surface area contributed by atoms with E-state index in [1.807, 2.05) is 6.92 Å². The molecule has 0 bridgehead atoms. The molecule has 0 rings (SSSR count). The molecule has 0 saturated heterocycles. The molecule has 4 nitrogen and oxygen atoms in total. The Morgan fingerprint density at radius 2 is 2.25 bits per heavy atom. The number of primary amides is 1. The molecule has 0 spiro atoms. The highest BCUT2D eigenvalue weighted by atomic mass is 16.3. The van der Waals surface area contributed by atoms with Crippen LogP contribution in [0, 0.1) is 0 Å². The predicted octanol–water partition coefficient (Wildman–Crippen LogP) is -0.389. The molecule has 2 unspecified atom stereocenters. The fraction of sp³-hybridized carbons (Fsp3) is 0.875. The van der Waals surface area contributed by atoms with E-state index in [0.717, 1.165) is 6.42 Å². The molecule has 0 aliphatic rings. The highest BCUT2D eigenvalue weighted by Crippen LogP contribution is 1.97. The number of nitrogens with two attached hydrogens (primary N) is 1. The Hall–Kier alpha value is -0.610. The molecule has 0 fully saturated rings. The number of hydrogen-bond donors (Lipinski definition) is 3. The van der Waals surface area contributed by atoms with E-state index in [1.165, 1.54) is 0 Å². The molecule has 0 saturated carbocycles. The summed E-state index contributed by atoms with van der Waals surface area (Å²) < 4.78 is 0. The number of aliphatic hydroxyl groups is 1. The number of amides is 1. The quantitative estimate of drug-likeness (QED) is 0.513. The number of aliphatic hydroxyl groups excluding tert-OH is 1. The van der Waals surface area contributed by atoms with Crippen molar-refractivity contribution in [3.05, 3.63) is 0 Å². The van der Waals surface area contributed by atoms with Gasteiger partial charge in [0.2, 0.25) is 5.91 Å². The van der Waals surface area contributed by atoms with Crippen LogP contribution in [0.1, 0.15) is 26.7 Å². The number of hydrogen-bond acceptors (Lipinski definition) is 3. The Labute approximate surface area is 73.1 Å². The molecule has 0 heterocycles.